The standard InChI is InChI=1S/C20H24N2O2/c1-2-3-14-24-19-11-7-5-9-17(19)21-20(23)15-22-13-12-16-8-4-6-10-18(16)22/h4-11H,2-3,12-15H2,1H3,(H,21,23). The topological polar surface area (TPSA) is 41.6 Å². The Morgan fingerprint density at radius 1 is 1.17 bits per heavy atom. The van der Waals surface area contributed by atoms with E-state index in [-0.39, 0.29) is 5.91 Å². The van der Waals surface area contributed by atoms with Crippen molar-refractivity contribution in [3.63, 3.8) is 0 Å². The molecule has 3 rings (SSSR count). The minimum absolute atomic E-state index is 0.0155. The van der Waals surface area contributed by atoms with E-state index in [1.165, 1.54) is 11.3 Å². The van der Waals surface area contributed by atoms with Crippen LogP contribution in [0.25, 0.3) is 0 Å². The summed E-state index contributed by atoms with van der Waals surface area (Å²) < 4.78 is 5.78. The Kier molecular flexibility index (Phi) is 5.36. The van der Waals surface area contributed by atoms with Crippen molar-refractivity contribution in [1.29, 1.82) is 0 Å². The summed E-state index contributed by atoms with van der Waals surface area (Å²) >= 11 is 0. The monoisotopic (exact) mass is 324 g/mol. The quantitative estimate of drug-likeness (QED) is 0.786. The Balaban J connectivity index is 1.62. The summed E-state index contributed by atoms with van der Waals surface area (Å²) in [6.07, 6.45) is 3.09. The van der Waals surface area contributed by atoms with Crippen molar-refractivity contribution in [2.75, 3.05) is 29.9 Å². The van der Waals surface area contributed by atoms with Crippen molar-refractivity contribution >= 4 is 17.3 Å². The number of amides is 1. The zero-order valence-electron chi connectivity index (χ0n) is 14.1. The fraction of sp³-hybridized carbons (Fsp3) is 0.350. The van der Waals surface area contributed by atoms with Crippen LogP contribution < -0.4 is 15.0 Å². The first kappa shape index (κ1) is 16.4. The summed E-state index contributed by atoms with van der Waals surface area (Å²) in [5.41, 5.74) is 3.22. The van der Waals surface area contributed by atoms with Crippen molar-refractivity contribution in [2.24, 2.45) is 0 Å². The largest absolute Gasteiger partial charge is 0.491 e. The molecule has 4 heteroatoms. The molecule has 0 unspecified atom stereocenters. The normalized spacial score (nSPS) is 12.8. The number of benzene rings is 2. The number of fused-ring (bicyclic) bond motifs is 1. The van der Waals surface area contributed by atoms with Crippen LogP contribution in [-0.2, 0) is 11.2 Å². The van der Waals surface area contributed by atoms with E-state index < -0.39 is 0 Å². The molecule has 1 amide bonds. The molecule has 1 aliphatic rings. The third-order valence-electron chi connectivity index (χ3n) is 4.23. The van der Waals surface area contributed by atoms with Gasteiger partial charge in [-0.2, -0.15) is 0 Å². The number of unbranched alkanes of at least 4 members (excludes halogenated alkanes) is 1. The Labute approximate surface area is 143 Å². The fourth-order valence-electron chi connectivity index (χ4n) is 2.96. The molecule has 0 spiro atoms. The average molecular weight is 324 g/mol. The summed E-state index contributed by atoms with van der Waals surface area (Å²) in [7, 11) is 0. The first-order chi connectivity index (χ1) is 11.8. The molecule has 0 aromatic heterocycles. The summed E-state index contributed by atoms with van der Waals surface area (Å²) in [5.74, 6) is 0.722. The van der Waals surface area contributed by atoms with Gasteiger partial charge < -0.3 is 15.0 Å². The van der Waals surface area contributed by atoms with E-state index in [9.17, 15) is 4.79 Å². The molecule has 24 heavy (non-hydrogen) atoms. The minimum atomic E-state index is -0.0155. The van der Waals surface area contributed by atoms with Gasteiger partial charge in [-0.1, -0.05) is 43.7 Å². The number of carbonyl (C=O) groups excluding carboxylic acids is 1. The molecule has 2 aromatic carbocycles. The molecule has 0 atom stereocenters. The van der Waals surface area contributed by atoms with Crippen LogP contribution in [0.3, 0.4) is 0 Å². The molecule has 1 N–H and O–H groups in total. The lowest BCUT2D eigenvalue weighted by Crippen LogP contribution is -2.32. The van der Waals surface area contributed by atoms with Crippen LogP contribution in [0.1, 0.15) is 25.3 Å². The minimum Gasteiger partial charge on any atom is -0.491 e. The molecule has 0 radical (unpaired) electrons. The van der Waals surface area contributed by atoms with Crippen LogP contribution in [0, 0.1) is 0 Å². The lowest BCUT2D eigenvalue weighted by Gasteiger charge is -2.19. The molecule has 126 valence electrons. The fourth-order valence-corrected chi connectivity index (χ4v) is 2.96. The van der Waals surface area contributed by atoms with Gasteiger partial charge in [0.1, 0.15) is 5.75 Å². The van der Waals surface area contributed by atoms with Crippen molar-refractivity contribution < 1.29 is 9.53 Å². The second-order valence-electron chi connectivity index (χ2n) is 6.05. The summed E-state index contributed by atoms with van der Waals surface area (Å²) in [5, 5.41) is 2.99. The van der Waals surface area contributed by atoms with Crippen LogP contribution in [0.5, 0.6) is 5.75 Å². The second-order valence-corrected chi connectivity index (χ2v) is 6.05. The maximum absolute atomic E-state index is 12.5. The molecule has 0 aliphatic carbocycles. The summed E-state index contributed by atoms with van der Waals surface area (Å²) in [4.78, 5) is 14.6. The van der Waals surface area contributed by atoms with Gasteiger partial charge >= 0.3 is 0 Å². The first-order valence-electron chi connectivity index (χ1n) is 8.62. The highest BCUT2D eigenvalue weighted by Gasteiger charge is 2.20. The van der Waals surface area contributed by atoms with Gasteiger partial charge in [-0.3, -0.25) is 4.79 Å². The number of hydrogen-bond donors (Lipinski definition) is 1. The number of nitrogens with zero attached hydrogens (tertiary/aromatic N) is 1. The smallest absolute Gasteiger partial charge is 0.243 e. The second kappa shape index (κ2) is 7.86. The third kappa shape index (κ3) is 3.88. The Bertz CT molecular complexity index is 700. The average Bonchev–Trinajstić information content (AvgIpc) is 3.00. The lowest BCUT2D eigenvalue weighted by atomic mass is 10.2. The Morgan fingerprint density at radius 3 is 2.83 bits per heavy atom. The first-order valence-corrected chi connectivity index (χ1v) is 8.62. The summed E-state index contributed by atoms with van der Waals surface area (Å²) in [6, 6.07) is 15.9. The van der Waals surface area contributed by atoms with Gasteiger partial charge in [0.25, 0.3) is 0 Å². The molecule has 0 saturated carbocycles. The van der Waals surface area contributed by atoms with Gasteiger partial charge in [0.05, 0.1) is 18.8 Å². The zero-order chi connectivity index (χ0) is 16.8. The number of anilines is 2. The maximum Gasteiger partial charge on any atom is 0.243 e. The van der Waals surface area contributed by atoms with Crippen molar-refractivity contribution in [1.82, 2.24) is 0 Å². The zero-order valence-corrected chi connectivity index (χ0v) is 14.1. The van der Waals surface area contributed by atoms with Crippen LogP contribution >= 0.6 is 0 Å². The van der Waals surface area contributed by atoms with Gasteiger partial charge in [-0.05, 0) is 36.6 Å². The number of carbonyl (C=O) groups is 1. The van der Waals surface area contributed by atoms with Crippen molar-refractivity contribution in [3.05, 3.63) is 54.1 Å². The van der Waals surface area contributed by atoms with Gasteiger partial charge in [-0.15, -0.1) is 0 Å². The van der Waals surface area contributed by atoms with E-state index >= 15 is 0 Å². The molecule has 1 aliphatic heterocycles. The predicted molar refractivity (Wildman–Crippen MR) is 97.8 cm³/mol. The SMILES string of the molecule is CCCCOc1ccccc1NC(=O)CN1CCc2ccccc21. The number of rotatable bonds is 7. The van der Waals surface area contributed by atoms with Crippen LogP contribution in [0.2, 0.25) is 0 Å². The molecule has 4 nitrogen and oxygen atoms in total. The number of hydrogen-bond acceptors (Lipinski definition) is 3. The Morgan fingerprint density at radius 2 is 1.96 bits per heavy atom. The molecule has 0 fully saturated rings. The molecule has 0 saturated heterocycles. The van der Waals surface area contributed by atoms with Crippen molar-refractivity contribution in [2.45, 2.75) is 26.2 Å². The Hall–Kier alpha value is -2.49. The van der Waals surface area contributed by atoms with Crippen LogP contribution in [-0.4, -0.2) is 25.6 Å². The molecular weight excluding hydrogens is 300 g/mol. The molecular formula is C20H24N2O2. The van der Waals surface area contributed by atoms with Gasteiger partial charge in [0.15, 0.2) is 0 Å². The lowest BCUT2D eigenvalue weighted by molar-refractivity contribution is -0.115. The highest BCUT2D eigenvalue weighted by atomic mass is 16.5. The molecule has 1 heterocycles. The van der Waals surface area contributed by atoms with Crippen LogP contribution in [0.15, 0.2) is 48.5 Å². The van der Waals surface area contributed by atoms with Crippen LogP contribution in [0.4, 0.5) is 11.4 Å². The number of nitrogens with one attached hydrogen (secondary N) is 1. The number of ether oxygens (including phenoxy) is 1. The highest BCUT2D eigenvalue weighted by Crippen LogP contribution is 2.28. The van der Waals surface area contributed by atoms with Gasteiger partial charge in [-0.25, -0.2) is 0 Å². The van der Waals surface area contributed by atoms with Crippen molar-refractivity contribution in [3.8, 4) is 5.75 Å². The van der Waals surface area contributed by atoms with E-state index in [4.69, 9.17) is 4.74 Å². The number of para-hydroxylation sites is 3. The van der Waals surface area contributed by atoms with E-state index in [1.807, 2.05) is 36.4 Å². The van der Waals surface area contributed by atoms with Gasteiger partial charge in [0, 0.05) is 12.2 Å². The van der Waals surface area contributed by atoms with E-state index in [2.05, 4.69) is 29.3 Å². The molecule has 0 bridgehead atoms. The summed E-state index contributed by atoms with van der Waals surface area (Å²) in [6.45, 7) is 4.05. The predicted octanol–water partition coefficient (Wildman–Crippen LogP) is 3.87. The van der Waals surface area contributed by atoms with E-state index in [0.717, 1.165) is 37.2 Å². The third-order valence-corrected chi connectivity index (χ3v) is 4.23. The van der Waals surface area contributed by atoms with E-state index in [0.29, 0.717) is 13.2 Å². The molecule has 2 aromatic rings. The van der Waals surface area contributed by atoms with Gasteiger partial charge in [0.2, 0.25) is 5.91 Å². The van der Waals surface area contributed by atoms with E-state index in [1.54, 1.807) is 0 Å². The maximum atomic E-state index is 12.5. The highest BCUT2D eigenvalue weighted by molar-refractivity contribution is 5.95.